The molecule has 2 aromatic carbocycles. The second kappa shape index (κ2) is 8.62. The first-order valence-corrected chi connectivity index (χ1v) is 11.2. The summed E-state index contributed by atoms with van der Waals surface area (Å²) in [5, 5.41) is 14.7. The number of para-hydroxylation sites is 2. The van der Waals surface area contributed by atoms with E-state index in [-0.39, 0.29) is 36.1 Å². The number of benzene rings is 2. The van der Waals surface area contributed by atoms with Gasteiger partial charge in [-0.25, -0.2) is 0 Å². The number of nitrogens with zero attached hydrogens (tertiary/aromatic N) is 2. The number of allylic oxidation sites excluding steroid dienone is 1. The Hall–Kier alpha value is -4.20. The average Bonchev–Trinajstić information content (AvgIpc) is 3.33. The molecule has 1 aliphatic heterocycles. The van der Waals surface area contributed by atoms with Crippen LogP contribution in [0.3, 0.4) is 0 Å². The summed E-state index contributed by atoms with van der Waals surface area (Å²) >= 11 is 0. The number of non-ortho nitro benzene ring substituents is 1. The maximum atomic E-state index is 13.7. The van der Waals surface area contributed by atoms with Gasteiger partial charge in [0.1, 0.15) is 11.8 Å². The van der Waals surface area contributed by atoms with Crippen molar-refractivity contribution in [3.05, 3.63) is 99.6 Å². The van der Waals surface area contributed by atoms with Gasteiger partial charge in [-0.1, -0.05) is 31.2 Å². The summed E-state index contributed by atoms with van der Waals surface area (Å²) in [6.07, 6.45) is 2.46. The number of nitrogens with one attached hydrogen (secondary N) is 1. The van der Waals surface area contributed by atoms with E-state index in [2.05, 4.69) is 5.32 Å². The molecule has 0 unspecified atom stereocenters. The van der Waals surface area contributed by atoms with Crippen LogP contribution < -0.4 is 10.2 Å². The normalized spacial score (nSPS) is 19.7. The van der Waals surface area contributed by atoms with E-state index >= 15 is 0 Å². The molecular formula is C26H23N3O5. The fourth-order valence-electron chi connectivity index (χ4n) is 4.88. The molecule has 2 aliphatic rings. The Morgan fingerprint density at radius 1 is 1.15 bits per heavy atom. The number of nitro benzene ring substituents is 1. The van der Waals surface area contributed by atoms with E-state index < -0.39 is 11.0 Å². The molecule has 8 nitrogen and oxygen atoms in total. The predicted molar refractivity (Wildman–Crippen MR) is 126 cm³/mol. The lowest BCUT2D eigenvalue weighted by molar-refractivity contribution is -0.384. The number of furan rings is 1. The minimum atomic E-state index is -0.702. The summed E-state index contributed by atoms with van der Waals surface area (Å²) in [6, 6.07) is 16.7. The maximum Gasteiger partial charge on any atom is 0.269 e. The third-order valence-electron chi connectivity index (χ3n) is 6.42. The lowest BCUT2D eigenvalue weighted by Gasteiger charge is -2.33. The minimum Gasteiger partial charge on any atom is -0.467 e. The van der Waals surface area contributed by atoms with Gasteiger partial charge < -0.3 is 9.73 Å². The zero-order chi connectivity index (χ0) is 23.8. The molecule has 1 amide bonds. The van der Waals surface area contributed by atoms with Crippen molar-refractivity contribution in [1.29, 1.82) is 0 Å². The Balaban J connectivity index is 1.66. The van der Waals surface area contributed by atoms with E-state index in [1.165, 1.54) is 18.4 Å². The van der Waals surface area contributed by atoms with Crippen molar-refractivity contribution in [2.24, 2.45) is 0 Å². The highest BCUT2D eigenvalue weighted by molar-refractivity contribution is 6.06. The summed E-state index contributed by atoms with van der Waals surface area (Å²) in [7, 11) is 0. The van der Waals surface area contributed by atoms with Crippen LogP contribution in [-0.2, 0) is 9.59 Å². The summed E-state index contributed by atoms with van der Waals surface area (Å²) in [5.74, 6) is 0.0396. The van der Waals surface area contributed by atoms with Gasteiger partial charge in [-0.2, -0.15) is 0 Å². The smallest absolute Gasteiger partial charge is 0.269 e. The molecule has 1 aliphatic carbocycles. The van der Waals surface area contributed by atoms with Crippen molar-refractivity contribution in [3.63, 3.8) is 0 Å². The average molecular weight is 457 g/mol. The monoisotopic (exact) mass is 457 g/mol. The first kappa shape index (κ1) is 21.6. The van der Waals surface area contributed by atoms with Gasteiger partial charge in [-0.15, -0.1) is 0 Å². The molecule has 5 rings (SSSR count). The highest BCUT2D eigenvalue weighted by atomic mass is 16.6. The molecule has 3 aromatic rings. The topological polar surface area (TPSA) is 106 Å². The molecule has 172 valence electrons. The number of carbonyl (C=O) groups excluding carboxylic acids is 2. The summed E-state index contributed by atoms with van der Waals surface area (Å²) in [5.41, 5.74) is 3.33. The zero-order valence-electron chi connectivity index (χ0n) is 18.6. The van der Waals surface area contributed by atoms with E-state index in [1.54, 1.807) is 30.0 Å². The van der Waals surface area contributed by atoms with Gasteiger partial charge in [0.2, 0.25) is 5.91 Å². The van der Waals surface area contributed by atoms with Crippen LogP contribution >= 0.6 is 0 Å². The van der Waals surface area contributed by atoms with Crippen molar-refractivity contribution < 1.29 is 18.9 Å². The first-order chi connectivity index (χ1) is 16.5. The lowest BCUT2D eigenvalue weighted by atomic mass is 9.79. The molecule has 0 bridgehead atoms. The summed E-state index contributed by atoms with van der Waals surface area (Å²) in [4.78, 5) is 39.4. The number of rotatable bonds is 4. The molecule has 2 heterocycles. The molecular weight excluding hydrogens is 434 g/mol. The van der Waals surface area contributed by atoms with Crippen molar-refractivity contribution in [2.45, 2.75) is 38.1 Å². The number of amides is 1. The largest absolute Gasteiger partial charge is 0.467 e. The van der Waals surface area contributed by atoms with Crippen LogP contribution in [0.25, 0.3) is 0 Å². The van der Waals surface area contributed by atoms with Gasteiger partial charge in [-0.3, -0.25) is 24.6 Å². The number of nitro groups is 1. The van der Waals surface area contributed by atoms with Crippen LogP contribution in [0.1, 0.15) is 49.5 Å². The SMILES string of the molecule is CCC(=O)N1c2ccccc2NC2=C(C(=O)C[C@H](c3cccc([N+](=O)[O-])c3)C2)[C@@H]1c1ccco1. The van der Waals surface area contributed by atoms with Gasteiger partial charge in [0.25, 0.3) is 5.69 Å². The summed E-state index contributed by atoms with van der Waals surface area (Å²) < 4.78 is 5.74. The molecule has 1 N–H and O–H groups in total. The van der Waals surface area contributed by atoms with E-state index in [1.807, 2.05) is 30.3 Å². The van der Waals surface area contributed by atoms with Crippen LogP contribution in [0.2, 0.25) is 0 Å². The Labute approximate surface area is 196 Å². The van der Waals surface area contributed by atoms with Crippen LogP contribution in [-0.4, -0.2) is 16.6 Å². The van der Waals surface area contributed by atoms with Gasteiger partial charge >= 0.3 is 0 Å². The van der Waals surface area contributed by atoms with Gasteiger partial charge in [0, 0.05) is 36.2 Å². The molecule has 0 saturated heterocycles. The number of fused-ring (bicyclic) bond motifs is 1. The maximum absolute atomic E-state index is 13.7. The number of hydrogen-bond acceptors (Lipinski definition) is 6. The fraction of sp³-hybridized carbons (Fsp3) is 0.231. The Kier molecular flexibility index (Phi) is 5.49. The molecule has 8 heteroatoms. The number of anilines is 2. The van der Waals surface area contributed by atoms with Gasteiger partial charge in [0.15, 0.2) is 5.78 Å². The molecule has 0 saturated carbocycles. The Morgan fingerprint density at radius 2 is 1.97 bits per heavy atom. The molecule has 2 atom stereocenters. The first-order valence-electron chi connectivity index (χ1n) is 11.2. The number of hydrogen-bond donors (Lipinski definition) is 1. The van der Waals surface area contributed by atoms with Crippen LogP contribution in [0.5, 0.6) is 0 Å². The molecule has 0 fully saturated rings. The van der Waals surface area contributed by atoms with E-state index in [9.17, 15) is 19.7 Å². The third kappa shape index (κ3) is 3.67. The second-order valence-corrected chi connectivity index (χ2v) is 8.45. The zero-order valence-corrected chi connectivity index (χ0v) is 18.6. The van der Waals surface area contributed by atoms with Crippen molar-refractivity contribution in [3.8, 4) is 0 Å². The molecule has 1 aromatic heterocycles. The van der Waals surface area contributed by atoms with Crippen molar-refractivity contribution in [2.75, 3.05) is 10.2 Å². The molecule has 0 radical (unpaired) electrons. The highest BCUT2D eigenvalue weighted by Crippen LogP contribution is 2.47. The van der Waals surface area contributed by atoms with Gasteiger partial charge in [-0.05, 0) is 42.2 Å². The second-order valence-electron chi connectivity index (χ2n) is 8.45. The Bertz CT molecular complexity index is 1310. The minimum absolute atomic E-state index is 0.00271. The molecule has 0 spiro atoms. The van der Waals surface area contributed by atoms with E-state index in [4.69, 9.17) is 4.42 Å². The van der Waals surface area contributed by atoms with E-state index in [0.29, 0.717) is 29.1 Å². The van der Waals surface area contributed by atoms with E-state index in [0.717, 1.165) is 11.3 Å². The number of ketones is 1. The predicted octanol–water partition coefficient (Wildman–Crippen LogP) is 5.50. The lowest BCUT2D eigenvalue weighted by Crippen LogP contribution is -2.38. The number of carbonyl (C=O) groups is 2. The Morgan fingerprint density at radius 3 is 2.71 bits per heavy atom. The fourth-order valence-corrected chi connectivity index (χ4v) is 4.88. The van der Waals surface area contributed by atoms with Crippen LogP contribution in [0.15, 0.2) is 82.6 Å². The van der Waals surface area contributed by atoms with Crippen molar-refractivity contribution in [1.82, 2.24) is 0 Å². The molecule has 34 heavy (non-hydrogen) atoms. The quantitative estimate of drug-likeness (QED) is 0.410. The van der Waals surface area contributed by atoms with Crippen LogP contribution in [0.4, 0.5) is 17.1 Å². The van der Waals surface area contributed by atoms with Crippen molar-refractivity contribution >= 4 is 28.8 Å². The highest BCUT2D eigenvalue weighted by Gasteiger charge is 2.42. The number of Topliss-reactive ketones (excluding diaryl/α,β-unsaturated/α-hetero) is 1. The third-order valence-corrected chi connectivity index (χ3v) is 6.42. The summed E-state index contributed by atoms with van der Waals surface area (Å²) in [6.45, 7) is 1.79. The van der Waals surface area contributed by atoms with Gasteiger partial charge in [0.05, 0.1) is 22.6 Å². The van der Waals surface area contributed by atoms with Crippen LogP contribution in [0, 0.1) is 10.1 Å². The standard InChI is InChI=1S/C26H23N3O5/c1-2-24(31)28-21-10-4-3-9-19(21)27-20-14-17(16-7-5-8-18(13-16)29(32)33)15-22(30)25(20)26(28)23-11-6-12-34-23/h3-13,17,26-27H,2,14-15H2,1H3/t17-,26+/m1/s1.